The number of rotatable bonds is 5. The zero-order valence-electron chi connectivity index (χ0n) is 16.8. The molecule has 2 N–H and O–H groups in total. The lowest BCUT2D eigenvalue weighted by Gasteiger charge is -2.09. The number of carbonyl (C=O) groups is 2. The number of nitrogens with one attached hydrogen (secondary N) is 2. The maximum Gasteiger partial charge on any atom is 0.265 e. The topological polar surface area (TPSA) is 76.0 Å². The lowest BCUT2D eigenvalue weighted by atomic mass is 10.1. The second-order valence-corrected chi connectivity index (χ2v) is 8.76. The third-order valence-corrected chi connectivity index (χ3v) is 6.11. The summed E-state index contributed by atoms with van der Waals surface area (Å²) >= 11 is 4.80. The van der Waals surface area contributed by atoms with Crippen molar-refractivity contribution in [2.45, 2.75) is 13.8 Å². The molecule has 0 aliphatic carbocycles. The van der Waals surface area contributed by atoms with E-state index in [2.05, 4.69) is 31.7 Å². The van der Waals surface area contributed by atoms with Gasteiger partial charge in [0.05, 0.1) is 27.5 Å². The summed E-state index contributed by atoms with van der Waals surface area (Å²) in [6, 6.07) is 18.4. The van der Waals surface area contributed by atoms with Crippen molar-refractivity contribution in [2.75, 3.05) is 10.6 Å². The second-order valence-electron chi connectivity index (χ2n) is 6.90. The van der Waals surface area contributed by atoms with E-state index in [9.17, 15) is 9.59 Å². The molecule has 4 aromatic rings. The molecule has 0 fully saturated rings. The van der Waals surface area contributed by atoms with Crippen LogP contribution in [0.4, 0.5) is 11.4 Å². The smallest absolute Gasteiger partial charge is 0.265 e. The molecule has 0 aliphatic rings. The van der Waals surface area contributed by atoms with Gasteiger partial charge in [-0.15, -0.1) is 11.3 Å². The summed E-state index contributed by atoms with van der Waals surface area (Å²) in [7, 11) is 0. The predicted octanol–water partition coefficient (Wildman–Crippen LogP) is 5.82. The van der Waals surface area contributed by atoms with Crippen LogP contribution in [0.1, 0.15) is 31.4 Å². The monoisotopic (exact) mass is 494 g/mol. The van der Waals surface area contributed by atoms with Crippen molar-refractivity contribution in [3.63, 3.8) is 0 Å². The minimum atomic E-state index is -0.250. The van der Waals surface area contributed by atoms with Gasteiger partial charge in [-0.1, -0.05) is 28.1 Å². The van der Waals surface area contributed by atoms with Crippen LogP contribution in [0, 0.1) is 13.8 Å². The number of thiophene rings is 1. The molecule has 156 valence electrons. The Morgan fingerprint density at radius 2 is 1.61 bits per heavy atom. The van der Waals surface area contributed by atoms with Gasteiger partial charge in [-0.2, -0.15) is 5.10 Å². The van der Waals surface area contributed by atoms with Gasteiger partial charge in [0.2, 0.25) is 0 Å². The van der Waals surface area contributed by atoms with Crippen LogP contribution in [0.5, 0.6) is 0 Å². The van der Waals surface area contributed by atoms with E-state index in [1.54, 1.807) is 35.0 Å². The van der Waals surface area contributed by atoms with Gasteiger partial charge in [0.15, 0.2) is 0 Å². The van der Waals surface area contributed by atoms with E-state index in [4.69, 9.17) is 0 Å². The van der Waals surface area contributed by atoms with Crippen molar-refractivity contribution < 1.29 is 9.59 Å². The first-order valence-electron chi connectivity index (χ1n) is 9.51. The molecular formula is C23H19BrN4O2S. The Morgan fingerprint density at radius 1 is 0.935 bits per heavy atom. The number of aromatic nitrogens is 2. The van der Waals surface area contributed by atoms with Gasteiger partial charge in [0.1, 0.15) is 0 Å². The van der Waals surface area contributed by atoms with E-state index < -0.39 is 0 Å². The third-order valence-electron chi connectivity index (χ3n) is 4.71. The first-order valence-corrected chi connectivity index (χ1v) is 11.2. The normalized spacial score (nSPS) is 10.7. The van der Waals surface area contributed by atoms with Crippen LogP contribution >= 0.6 is 27.3 Å². The Bertz CT molecular complexity index is 1250. The zero-order valence-corrected chi connectivity index (χ0v) is 19.3. The molecule has 2 heterocycles. The van der Waals surface area contributed by atoms with E-state index in [-0.39, 0.29) is 11.8 Å². The highest BCUT2D eigenvalue weighted by molar-refractivity contribution is 9.10. The van der Waals surface area contributed by atoms with Crippen molar-refractivity contribution in [2.24, 2.45) is 0 Å². The molecule has 4 rings (SSSR count). The quantitative estimate of drug-likeness (QED) is 0.367. The minimum absolute atomic E-state index is 0.180. The fourth-order valence-electron chi connectivity index (χ4n) is 3.27. The Balaban J connectivity index is 1.53. The zero-order chi connectivity index (χ0) is 22.0. The van der Waals surface area contributed by atoms with Crippen molar-refractivity contribution in [3.05, 3.63) is 92.3 Å². The van der Waals surface area contributed by atoms with Crippen LogP contribution in [-0.2, 0) is 0 Å². The van der Waals surface area contributed by atoms with Crippen LogP contribution in [-0.4, -0.2) is 21.6 Å². The molecule has 2 aromatic carbocycles. The van der Waals surface area contributed by atoms with Gasteiger partial charge in [-0.3, -0.25) is 9.59 Å². The van der Waals surface area contributed by atoms with Crippen molar-refractivity contribution in [1.82, 2.24) is 9.78 Å². The first-order chi connectivity index (χ1) is 14.9. The third kappa shape index (κ3) is 4.60. The molecule has 0 saturated carbocycles. The molecule has 31 heavy (non-hydrogen) atoms. The lowest BCUT2D eigenvalue weighted by molar-refractivity contribution is 0.102. The summed E-state index contributed by atoms with van der Waals surface area (Å²) in [6.07, 6.45) is 0. The number of amides is 2. The average Bonchev–Trinajstić information content (AvgIpc) is 3.37. The van der Waals surface area contributed by atoms with Gasteiger partial charge in [0, 0.05) is 15.8 Å². The number of carbonyl (C=O) groups excluding carboxylic acids is 2. The molecule has 2 amide bonds. The fraction of sp³-hybridized carbons (Fsp3) is 0.0870. The molecule has 0 aliphatic heterocycles. The van der Waals surface area contributed by atoms with Crippen LogP contribution < -0.4 is 10.6 Å². The molecule has 6 nitrogen and oxygen atoms in total. The molecule has 0 atom stereocenters. The summed E-state index contributed by atoms with van der Waals surface area (Å²) in [4.78, 5) is 25.9. The lowest BCUT2D eigenvalue weighted by Crippen LogP contribution is -2.15. The number of nitrogens with zero attached hydrogens (tertiary/aromatic N) is 2. The van der Waals surface area contributed by atoms with Crippen LogP contribution in [0.3, 0.4) is 0 Å². The highest BCUT2D eigenvalue weighted by Gasteiger charge is 2.20. The van der Waals surface area contributed by atoms with E-state index in [0.29, 0.717) is 27.5 Å². The average molecular weight is 495 g/mol. The molecule has 8 heteroatoms. The van der Waals surface area contributed by atoms with Crippen molar-refractivity contribution in [1.29, 1.82) is 0 Å². The summed E-state index contributed by atoms with van der Waals surface area (Å²) in [5.41, 5.74) is 3.98. The number of anilines is 2. The minimum Gasteiger partial charge on any atom is -0.322 e. The highest BCUT2D eigenvalue weighted by atomic mass is 79.9. The molecule has 0 bridgehead atoms. The van der Waals surface area contributed by atoms with Gasteiger partial charge < -0.3 is 10.6 Å². The first kappa shape index (κ1) is 21.0. The molecule has 0 saturated heterocycles. The molecule has 0 radical (unpaired) electrons. The Morgan fingerprint density at radius 3 is 2.26 bits per heavy atom. The SMILES string of the molecule is Cc1nn(-c2ccc(Br)cc2)c(C)c1C(=O)Nc1cccc(NC(=O)c2cccs2)c1. The number of benzene rings is 2. The predicted molar refractivity (Wildman–Crippen MR) is 127 cm³/mol. The maximum absolute atomic E-state index is 13.0. The Hall–Kier alpha value is -3.23. The van der Waals surface area contributed by atoms with Gasteiger partial charge >= 0.3 is 0 Å². The van der Waals surface area contributed by atoms with Gasteiger partial charge in [-0.05, 0) is 67.8 Å². The number of aryl methyl sites for hydroxylation is 1. The van der Waals surface area contributed by atoms with E-state index in [1.165, 1.54) is 11.3 Å². The van der Waals surface area contributed by atoms with Crippen LogP contribution in [0.15, 0.2) is 70.5 Å². The fourth-order valence-corrected chi connectivity index (χ4v) is 4.16. The number of hydrogen-bond acceptors (Lipinski definition) is 4. The van der Waals surface area contributed by atoms with E-state index in [0.717, 1.165) is 15.9 Å². The summed E-state index contributed by atoms with van der Waals surface area (Å²) in [6.45, 7) is 3.68. The molecule has 0 unspecified atom stereocenters. The number of halogens is 1. The Labute approximate surface area is 192 Å². The summed E-state index contributed by atoms with van der Waals surface area (Å²) in [5.74, 6) is -0.430. The Kier molecular flexibility index (Phi) is 6.01. The van der Waals surface area contributed by atoms with Gasteiger partial charge in [0.25, 0.3) is 11.8 Å². The number of hydrogen-bond donors (Lipinski definition) is 2. The van der Waals surface area contributed by atoms with Crippen molar-refractivity contribution >= 4 is 50.5 Å². The largest absolute Gasteiger partial charge is 0.322 e. The molecular weight excluding hydrogens is 476 g/mol. The van der Waals surface area contributed by atoms with Crippen molar-refractivity contribution in [3.8, 4) is 5.69 Å². The molecule has 0 spiro atoms. The van der Waals surface area contributed by atoms with Crippen LogP contribution in [0.2, 0.25) is 0 Å². The second kappa shape index (κ2) is 8.87. The summed E-state index contributed by atoms with van der Waals surface area (Å²) < 4.78 is 2.73. The highest BCUT2D eigenvalue weighted by Crippen LogP contribution is 2.22. The van der Waals surface area contributed by atoms with Crippen LogP contribution in [0.25, 0.3) is 5.69 Å². The van der Waals surface area contributed by atoms with E-state index in [1.807, 2.05) is 49.6 Å². The molecule has 2 aromatic heterocycles. The standard InChI is InChI=1S/C23H19BrN4O2S/c1-14-21(15(2)28(27-14)19-10-8-16(24)9-11-19)23(30)26-18-6-3-5-17(13-18)25-22(29)20-7-4-12-31-20/h3-13H,1-2H3,(H,25,29)(H,26,30). The summed E-state index contributed by atoms with van der Waals surface area (Å²) in [5, 5.41) is 12.2. The maximum atomic E-state index is 13.0. The van der Waals surface area contributed by atoms with Gasteiger partial charge in [-0.25, -0.2) is 4.68 Å². The van der Waals surface area contributed by atoms with E-state index >= 15 is 0 Å².